The summed E-state index contributed by atoms with van der Waals surface area (Å²) >= 11 is 0. The van der Waals surface area contributed by atoms with E-state index < -0.39 is 5.97 Å². The van der Waals surface area contributed by atoms with Crippen LogP contribution in [0.4, 0.5) is 0 Å². The number of nitrogens with zero attached hydrogens (tertiary/aromatic N) is 1. The average molecular weight is 243 g/mol. The molecule has 0 aliphatic heterocycles. The Kier molecular flexibility index (Phi) is 6.21. The first kappa shape index (κ1) is 15.9. The van der Waals surface area contributed by atoms with Crippen LogP contribution in [0.1, 0.15) is 53.9 Å². The fraction of sp³-hybridized carbons (Fsp3) is 0.846. The Morgan fingerprint density at radius 2 is 1.82 bits per heavy atom. The highest BCUT2D eigenvalue weighted by Gasteiger charge is 2.22. The molecule has 0 aliphatic carbocycles. The lowest BCUT2D eigenvalue weighted by Gasteiger charge is -2.28. The third-order valence-electron chi connectivity index (χ3n) is 2.84. The number of aliphatic carboxylic acids is 1. The van der Waals surface area contributed by atoms with E-state index in [2.05, 4.69) is 20.8 Å². The number of carboxylic acid groups (broad SMARTS) is 1. The molecule has 0 heterocycles. The van der Waals surface area contributed by atoms with Crippen molar-refractivity contribution < 1.29 is 14.7 Å². The summed E-state index contributed by atoms with van der Waals surface area (Å²) in [4.78, 5) is 24.2. The van der Waals surface area contributed by atoms with E-state index >= 15 is 0 Å². The second kappa shape index (κ2) is 6.62. The van der Waals surface area contributed by atoms with E-state index in [1.807, 2.05) is 13.8 Å². The Hall–Kier alpha value is -1.06. The van der Waals surface area contributed by atoms with Crippen molar-refractivity contribution >= 4 is 11.9 Å². The third-order valence-corrected chi connectivity index (χ3v) is 2.84. The largest absolute Gasteiger partial charge is 0.480 e. The predicted octanol–water partition coefficient (Wildman–Crippen LogP) is 2.52. The Morgan fingerprint density at radius 1 is 1.29 bits per heavy atom. The molecule has 17 heavy (non-hydrogen) atoms. The molecule has 0 aliphatic rings. The molecule has 100 valence electrons. The van der Waals surface area contributed by atoms with Crippen LogP contribution in [-0.2, 0) is 9.59 Å². The molecule has 0 saturated heterocycles. The smallest absolute Gasteiger partial charge is 0.323 e. The number of carbonyl (C=O) groups excluding carboxylic acids is 1. The number of amides is 1. The van der Waals surface area contributed by atoms with Crippen molar-refractivity contribution in [3.8, 4) is 0 Å². The van der Waals surface area contributed by atoms with Gasteiger partial charge >= 0.3 is 5.97 Å². The summed E-state index contributed by atoms with van der Waals surface area (Å²) in [6, 6.07) is -0.0152. The van der Waals surface area contributed by atoms with Gasteiger partial charge in [0.05, 0.1) is 0 Å². The van der Waals surface area contributed by atoms with Gasteiger partial charge in [0.1, 0.15) is 6.54 Å². The van der Waals surface area contributed by atoms with E-state index in [0.29, 0.717) is 6.42 Å². The van der Waals surface area contributed by atoms with Crippen molar-refractivity contribution in [2.24, 2.45) is 5.41 Å². The summed E-state index contributed by atoms with van der Waals surface area (Å²) in [5.41, 5.74) is 0.0972. The van der Waals surface area contributed by atoms with E-state index in [0.717, 1.165) is 12.8 Å². The van der Waals surface area contributed by atoms with Gasteiger partial charge in [-0.3, -0.25) is 9.59 Å². The Labute approximate surface area is 104 Å². The van der Waals surface area contributed by atoms with Crippen molar-refractivity contribution in [2.75, 3.05) is 6.54 Å². The van der Waals surface area contributed by atoms with E-state index in [1.165, 1.54) is 4.90 Å². The Balaban J connectivity index is 4.48. The number of rotatable bonds is 6. The number of carboxylic acids is 1. The molecule has 4 heteroatoms. The van der Waals surface area contributed by atoms with Crippen molar-refractivity contribution in [3.63, 3.8) is 0 Å². The predicted molar refractivity (Wildman–Crippen MR) is 67.8 cm³/mol. The minimum atomic E-state index is -0.950. The van der Waals surface area contributed by atoms with Crippen LogP contribution in [0, 0.1) is 5.41 Å². The summed E-state index contributed by atoms with van der Waals surface area (Å²) in [7, 11) is 0. The average Bonchev–Trinajstić information content (AvgIpc) is 2.20. The first-order valence-corrected chi connectivity index (χ1v) is 6.18. The fourth-order valence-electron chi connectivity index (χ4n) is 1.48. The second-order valence-electron chi connectivity index (χ2n) is 5.73. The fourth-order valence-corrected chi connectivity index (χ4v) is 1.48. The molecule has 0 spiro atoms. The normalized spacial score (nSPS) is 13.2. The van der Waals surface area contributed by atoms with Crippen LogP contribution in [0.3, 0.4) is 0 Å². The van der Waals surface area contributed by atoms with Crippen LogP contribution in [0.25, 0.3) is 0 Å². The van der Waals surface area contributed by atoms with Crippen LogP contribution in [0.15, 0.2) is 0 Å². The lowest BCUT2D eigenvalue weighted by Crippen LogP contribution is -2.42. The van der Waals surface area contributed by atoms with Crippen molar-refractivity contribution in [2.45, 2.75) is 59.9 Å². The monoisotopic (exact) mass is 243 g/mol. The van der Waals surface area contributed by atoms with E-state index in [9.17, 15) is 9.59 Å². The van der Waals surface area contributed by atoms with Gasteiger partial charge in [-0.25, -0.2) is 0 Å². The lowest BCUT2D eigenvalue weighted by atomic mass is 9.90. The zero-order chi connectivity index (χ0) is 13.6. The lowest BCUT2D eigenvalue weighted by molar-refractivity contribution is -0.146. The molecule has 1 atom stereocenters. The zero-order valence-electron chi connectivity index (χ0n) is 11.6. The van der Waals surface area contributed by atoms with Crippen LogP contribution in [0.5, 0.6) is 0 Å². The number of carbonyl (C=O) groups is 2. The minimum Gasteiger partial charge on any atom is -0.480 e. The Bertz CT molecular complexity index is 268. The first-order chi connectivity index (χ1) is 7.67. The molecular weight excluding hydrogens is 218 g/mol. The van der Waals surface area contributed by atoms with Gasteiger partial charge in [-0.1, -0.05) is 27.7 Å². The zero-order valence-corrected chi connectivity index (χ0v) is 11.6. The van der Waals surface area contributed by atoms with Gasteiger partial charge in [0.2, 0.25) is 5.91 Å². The molecule has 0 rings (SSSR count). The summed E-state index contributed by atoms with van der Waals surface area (Å²) in [5.74, 6) is -1.01. The highest BCUT2D eigenvalue weighted by molar-refractivity contribution is 5.81. The molecule has 1 unspecified atom stereocenters. The van der Waals surface area contributed by atoms with Gasteiger partial charge in [0, 0.05) is 12.5 Å². The molecule has 4 nitrogen and oxygen atoms in total. The molecule has 0 aromatic heterocycles. The molecule has 1 amide bonds. The van der Waals surface area contributed by atoms with Gasteiger partial charge in [-0.2, -0.15) is 0 Å². The first-order valence-electron chi connectivity index (χ1n) is 6.18. The molecule has 1 N–H and O–H groups in total. The maximum absolute atomic E-state index is 12.0. The molecule has 0 aromatic rings. The standard InChI is InChI=1S/C13H25NO3/c1-6-10(2)14(9-12(16)17)11(15)7-8-13(3,4)5/h10H,6-9H2,1-5H3,(H,16,17). The maximum Gasteiger partial charge on any atom is 0.323 e. The van der Waals surface area contributed by atoms with Crippen LogP contribution < -0.4 is 0 Å². The van der Waals surface area contributed by atoms with Gasteiger partial charge in [-0.05, 0) is 25.2 Å². The van der Waals surface area contributed by atoms with Gasteiger partial charge in [-0.15, -0.1) is 0 Å². The summed E-state index contributed by atoms with van der Waals surface area (Å²) < 4.78 is 0. The van der Waals surface area contributed by atoms with Gasteiger partial charge in [0.15, 0.2) is 0 Å². The minimum absolute atomic E-state index is 0.0152. The maximum atomic E-state index is 12.0. The molecule has 0 aromatic carbocycles. The summed E-state index contributed by atoms with van der Waals surface area (Å²) in [6.45, 7) is 9.87. The second-order valence-corrected chi connectivity index (χ2v) is 5.73. The van der Waals surface area contributed by atoms with E-state index in [4.69, 9.17) is 5.11 Å². The molecule has 0 bridgehead atoms. The highest BCUT2D eigenvalue weighted by atomic mass is 16.4. The van der Waals surface area contributed by atoms with Crippen molar-refractivity contribution in [1.82, 2.24) is 4.90 Å². The quantitative estimate of drug-likeness (QED) is 0.780. The SMILES string of the molecule is CCC(C)N(CC(=O)O)C(=O)CCC(C)(C)C. The molecular formula is C13H25NO3. The molecule has 0 radical (unpaired) electrons. The van der Waals surface area contributed by atoms with E-state index in [1.54, 1.807) is 0 Å². The highest BCUT2D eigenvalue weighted by Crippen LogP contribution is 2.21. The molecule has 0 saturated carbocycles. The van der Waals surface area contributed by atoms with E-state index in [-0.39, 0.29) is 23.9 Å². The topological polar surface area (TPSA) is 57.6 Å². The number of hydrogen-bond acceptors (Lipinski definition) is 2. The van der Waals surface area contributed by atoms with Crippen LogP contribution >= 0.6 is 0 Å². The van der Waals surface area contributed by atoms with Crippen molar-refractivity contribution in [1.29, 1.82) is 0 Å². The number of hydrogen-bond donors (Lipinski definition) is 1. The van der Waals surface area contributed by atoms with Crippen LogP contribution in [0.2, 0.25) is 0 Å². The third kappa shape index (κ3) is 6.97. The van der Waals surface area contributed by atoms with Gasteiger partial charge in [0.25, 0.3) is 0 Å². The molecule has 0 fully saturated rings. The summed E-state index contributed by atoms with van der Waals surface area (Å²) in [5, 5.41) is 8.81. The van der Waals surface area contributed by atoms with Crippen molar-refractivity contribution in [3.05, 3.63) is 0 Å². The Morgan fingerprint density at radius 3 is 2.18 bits per heavy atom. The van der Waals surface area contributed by atoms with Gasteiger partial charge < -0.3 is 10.0 Å². The van der Waals surface area contributed by atoms with Crippen LogP contribution in [-0.4, -0.2) is 34.5 Å². The summed E-state index contributed by atoms with van der Waals surface area (Å²) in [6.07, 6.45) is 1.97.